The Kier molecular flexibility index (Phi) is 3.67. The highest BCUT2D eigenvalue weighted by molar-refractivity contribution is 6.14. The van der Waals surface area contributed by atoms with Crippen molar-refractivity contribution in [3.8, 4) is 11.6 Å². The number of nitrogens with zero attached hydrogens (tertiary/aromatic N) is 2. The molecule has 4 aromatic rings. The van der Waals surface area contributed by atoms with Crippen LogP contribution in [0, 0.1) is 0 Å². The summed E-state index contributed by atoms with van der Waals surface area (Å²) < 4.78 is 1.58. The summed E-state index contributed by atoms with van der Waals surface area (Å²) in [5, 5.41) is 14.2. The molecular weight excluding hydrogens is 314 g/mol. The molecule has 122 valence electrons. The molecule has 0 atom stereocenters. The van der Waals surface area contributed by atoms with E-state index in [0.717, 1.165) is 5.69 Å². The molecule has 0 unspecified atom stereocenters. The van der Waals surface area contributed by atoms with Crippen LogP contribution in [0.4, 0.5) is 5.69 Å². The molecule has 0 fully saturated rings. The maximum atomic E-state index is 12.8. The van der Waals surface area contributed by atoms with Gasteiger partial charge in [0.25, 0.3) is 5.91 Å². The standard InChI is InChI=1S/C20H15N3O2/c24-19(22-14-8-3-1-4-9-14)17-16-12-7-13-21-18(16)23(20(17)25)15-10-5-2-6-11-15/h1-13,25H,(H,22,24). The number of benzene rings is 2. The fraction of sp³-hybridized carbons (Fsp3) is 0. The number of para-hydroxylation sites is 2. The van der Waals surface area contributed by atoms with Gasteiger partial charge in [-0.05, 0) is 36.4 Å². The van der Waals surface area contributed by atoms with Crippen molar-refractivity contribution in [3.05, 3.63) is 84.6 Å². The number of aromatic hydroxyl groups is 1. The fourth-order valence-electron chi connectivity index (χ4n) is 2.86. The van der Waals surface area contributed by atoms with E-state index >= 15 is 0 Å². The molecule has 5 nitrogen and oxygen atoms in total. The smallest absolute Gasteiger partial charge is 0.261 e. The van der Waals surface area contributed by atoms with Gasteiger partial charge in [-0.3, -0.25) is 9.36 Å². The molecule has 0 aliphatic carbocycles. The van der Waals surface area contributed by atoms with Crippen LogP contribution in [0.25, 0.3) is 16.7 Å². The van der Waals surface area contributed by atoms with E-state index in [9.17, 15) is 9.90 Å². The van der Waals surface area contributed by atoms with Crippen LogP contribution in [0.1, 0.15) is 10.4 Å². The summed E-state index contributed by atoms with van der Waals surface area (Å²) in [6, 6.07) is 22.0. The number of anilines is 1. The van der Waals surface area contributed by atoms with E-state index in [1.807, 2.05) is 48.5 Å². The van der Waals surface area contributed by atoms with Crippen LogP contribution in [0.5, 0.6) is 5.88 Å². The zero-order valence-electron chi connectivity index (χ0n) is 13.3. The predicted octanol–water partition coefficient (Wildman–Crippen LogP) is 3.98. The van der Waals surface area contributed by atoms with Crippen LogP contribution >= 0.6 is 0 Å². The van der Waals surface area contributed by atoms with E-state index in [4.69, 9.17) is 0 Å². The fourth-order valence-corrected chi connectivity index (χ4v) is 2.86. The Morgan fingerprint density at radius 1 is 0.920 bits per heavy atom. The minimum Gasteiger partial charge on any atom is -0.494 e. The van der Waals surface area contributed by atoms with Crippen LogP contribution in [0.2, 0.25) is 0 Å². The van der Waals surface area contributed by atoms with Crippen molar-refractivity contribution in [1.29, 1.82) is 0 Å². The van der Waals surface area contributed by atoms with Crippen molar-refractivity contribution < 1.29 is 9.90 Å². The Hall–Kier alpha value is -3.60. The van der Waals surface area contributed by atoms with Crippen LogP contribution < -0.4 is 5.32 Å². The average molecular weight is 329 g/mol. The minimum absolute atomic E-state index is 0.131. The van der Waals surface area contributed by atoms with Gasteiger partial charge in [-0.2, -0.15) is 0 Å². The number of hydrogen-bond acceptors (Lipinski definition) is 3. The zero-order chi connectivity index (χ0) is 17.2. The molecule has 0 radical (unpaired) electrons. The summed E-state index contributed by atoms with van der Waals surface area (Å²) in [5.74, 6) is -0.510. The van der Waals surface area contributed by atoms with Gasteiger partial charge in [-0.25, -0.2) is 4.98 Å². The molecule has 2 heterocycles. The largest absolute Gasteiger partial charge is 0.494 e. The second-order valence-corrected chi connectivity index (χ2v) is 5.56. The van der Waals surface area contributed by atoms with Crippen molar-refractivity contribution in [2.45, 2.75) is 0 Å². The molecule has 0 aliphatic rings. The lowest BCUT2D eigenvalue weighted by Crippen LogP contribution is -2.11. The van der Waals surface area contributed by atoms with Crippen molar-refractivity contribution in [1.82, 2.24) is 9.55 Å². The summed E-state index contributed by atoms with van der Waals surface area (Å²) >= 11 is 0. The molecule has 2 N–H and O–H groups in total. The van der Waals surface area contributed by atoms with Crippen LogP contribution in [0.3, 0.4) is 0 Å². The SMILES string of the molecule is O=C(Nc1ccccc1)c1c(O)n(-c2ccccc2)c2ncccc12. The first-order valence-corrected chi connectivity index (χ1v) is 7.86. The molecule has 2 aromatic heterocycles. The van der Waals surface area contributed by atoms with Crippen LogP contribution in [0.15, 0.2) is 79.0 Å². The van der Waals surface area contributed by atoms with Gasteiger partial charge < -0.3 is 10.4 Å². The Morgan fingerprint density at radius 3 is 2.32 bits per heavy atom. The molecule has 0 bridgehead atoms. The van der Waals surface area contributed by atoms with Gasteiger partial charge >= 0.3 is 0 Å². The lowest BCUT2D eigenvalue weighted by molar-refractivity contribution is 0.102. The number of fused-ring (bicyclic) bond motifs is 1. The number of nitrogens with one attached hydrogen (secondary N) is 1. The maximum Gasteiger partial charge on any atom is 0.261 e. The first-order valence-electron chi connectivity index (χ1n) is 7.86. The lowest BCUT2D eigenvalue weighted by Gasteiger charge is -2.07. The van der Waals surface area contributed by atoms with Gasteiger partial charge in [0.1, 0.15) is 11.2 Å². The summed E-state index contributed by atoms with van der Waals surface area (Å²) in [4.78, 5) is 17.1. The van der Waals surface area contributed by atoms with Gasteiger partial charge in [0.2, 0.25) is 5.88 Å². The van der Waals surface area contributed by atoms with E-state index in [0.29, 0.717) is 16.7 Å². The molecule has 2 aromatic carbocycles. The summed E-state index contributed by atoms with van der Waals surface area (Å²) in [5.41, 5.74) is 2.14. The number of aromatic nitrogens is 2. The Balaban J connectivity index is 1.87. The van der Waals surface area contributed by atoms with Gasteiger partial charge in [0, 0.05) is 17.3 Å². The van der Waals surface area contributed by atoms with Gasteiger partial charge in [0.15, 0.2) is 0 Å². The van der Waals surface area contributed by atoms with E-state index in [1.165, 1.54) is 0 Å². The van der Waals surface area contributed by atoms with Crippen molar-refractivity contribution in [2.75, 3.05) is 5.32 Å². The average Bonchev–Trinajstić information content (AvgIpc) is 2.95. The number of rotatable bonds is 3. The monoisotopic (exact) mass is 329 g/mol. The third kappa shape index (κ3) is 2.61. The second kappa shape index (κ2) is 6.13. The molecular formula is C20H15N3O2. The molecule has 0 aliphatic heterocycles. The topological polar surface area (TPSA) is 67.2 Å². The third-order valence-electron chi connectivity index (χ3n) is 3.98. The molecule has 5 heteroatoms. The number of pyridine rings is 1. The number of amides is 1. The lowest BCUT2D eigenvalue weighted by atomic mass is 10.2. The summed E-state index contributed by atoms with van der Waals surface area (Å²) in [6.45, 7) is 0. The maximum absolute atomic E-state index is 12.8. The molecule has 0 saturated heterocycles. The Bertz CT molecular complexity index is 1040. The number of carbonyl (C=O) groups excluding carboxylic acids is 1. The summed E-state index contributed by atoms with van der Waals surface area (Å²) in [7, 11) is 0. The molecule has 1 amide bonds. The van der Waals surface area contributed by atoms with Gasteiger partial charge in [0.05, 0.1) is 5.69 Å². The van der Waals surface area contributed by atoms with E-state index in [1.54, 1.807) is 35.0 Å². The molecule has 4 rings (SSSR count). The number of hydrogen-bond donors (Lipinski definition) is 2. The molecule has 25 heavy (non-hydrogen) atoms. The Morgan fingerprint density at radius 2 is 1.60 bits per heavy atom. The highest BCUT2D eigenvalue weighted by atomic mass is 16.3. The van der Waals surface area contributed by atoms with Crippen LogP contribution in [-0.2, 0) is 0 Å². The quantitative estimate of drug-likeness (QED) is 0.597. The van der Waals surface area contributed by atoms with Crippen molar-refractivity contribution >= 4 is 22.6 Å². The Labute approximate surface area is 144 Å². The first kappa shape index (κ1) is 15.0. The highest BCUT2D eigenvalue weighted by Gasteiger charge is 2.24. The molecule has 0 saturated carbocycles. The van der Waals surface area contributed by atoms with Gasteiger partial charge in [-0.1, -0.05) is 36.4 Å². The summed E-state index contributed by atoms with van der Waals surface area (Å²) in [6.07, 6.45) is 1.64. The minimum atomic E-state index is -0.378. The van der Waals surface area contributed by atoms with E-state index < -0.39 is 0 Å². The van der Waals surface area contributed by atoms with Crippen molar-refractivity contribution in [3.63, 3.8) is 0 Å². The van der Waals surface area contributed by atoms with Crippen LogP contribution in [-0.4, -0.2) is 20.6 Å². The highest BCUT2D eigenvalue weighted by Crippen LogP contribution is 2.33. The van der Waals surface area contributed by atoms with Crippen molar-refractivity contribution in [2.24, 2.45) is 0 Å². The first-order chi connectivity index (χ1) is 12.3. The molecule has 0 spiro atoms. The predicted molar refractivity (Wildman–Crippen MR) is 97.1 cm³/mol. The van der Waals surface area contributed by atoms with Gasteiger partial charge in [-0.15, -0.1) is 0 Å². The van der Waals surface area contributed by atoms with E-state index in [-0.39, 0.29) is 17.4 Å². The van der Waals surface area contributed by atoms with E-state index in [2.05, 4.69) is 10.3 Å². The third-order valence-corrected chi connectivity index (χ3v) is 3.98. The number of carbonyl (C=O) groups is 1. The second-order valence-electron chi connectivity index (χ2n) is 5.56. The normalized spacial score (nSPS) is 10.7. The zero-order valence-corrected chi connectivity index (χ0v) is 13.3.